The van der Waals surface area contributed by atoms with Gasteiger partial charge in [0.2, 0.25) is 11.8 Å². The molecule has 0 bridgehead atoms. The number of aryl methyl sites for hydroxylation is 1. The number of hydrogen-bond acceptors (Lipinski definition) is 9. The molecule has 14 nitrogen and oxygen atoms in total. The number of halogens is 5. The number of imide groups is 1. The molecule has 3 fully saturated rings. The number of nitrogens with one attached hydrogen (secondary N) is 2. The Bertz CT molecular complexity index is 2490. The van der Waals surface area contributed by atoms with Crippen molar-refractivity contribution in [3.8, 4) is 5.75 Å². The zero-order valence-electron chi connectivity index (χ0n) is 31.6. The number of carbonyl (C=O) groups excluding carboxylic acids is 3. The van der Waals surface area contributed by atoms with E-state index in [4.69, 9.17) is 4.74 Å². The van der Waals surface area contributed by atoms with Gasteiger partial charge in [0.1, 0.15) is 34.5 Å². The minimum Gasteiger partial charge on any atom is -0.496 e. The molecule has 2 N–H and O–H groups in total. The van der Waals surface area contributed by atoms with Crippen molar-refractivity contribution >= 4 is 45.5 Å². The predicted molar refractivity (Wildman–Crippen MR) is 200 cm³/mol. The zero-order valence-corrected chi connectivity index (χ0v) is 31.6. The van der Waals surface area contributed by atoms with Crippen LogP contribution in [0, 0.1) is 5.92 Å². The second-order valence-electron chi connectivity index (χ2n) is 15.3. The van der Waals surface area contributed by atoms with E-state index in [1.807, 2.05) is 10.9 Å². The Labute approximate surface area is 327 Å². The van der Waals surface area contributed by atoms with Crippen molar-refractivity contribution in [2.24, 2.45) is 13.0 Å². The number of benzene rings is 1. The van der Waals surface area contributed by atoms with Gasteiger partial charge in [0.25, 0.3) is 11.8 Å². The van der Waals surface area contributed by atoms with E-state index in [-0.39, 0.29) is 53.9 Å². The van der Waals surface area contributed by atoms with Crippen molar-refractivity contribution in [3.05, 3.63) is 76.2 Å². The van der Waals surface area contributed by atoms with Crippen molar-refractivity contribution in [1.29, 1.82) is 0 Å². The van der Waals surface area contributed by atoms with Crippen LogP contribution < -0.4 is 21.1 Å². The first-order valence-electron chi connectivity index (χ1n) is 19.0. The lowest BCUT2D eigenvalue weighted by atomic mass is 9.82. The maximum atomic E-state index is 16.4. The number of nitrogens with zero attached hydrogens (tertiary/aromatic N) is 7. The predicted octanol–water partition coefficient (Wildman–Crippen LogP) is 5.59. The lowest BCUT2D eigenvalue weighted by Gasteiger charge is -2.41. The molecule has 1 aliphatic carbocycles. The maximum absolute atomic E-state index is 16.4. The molecule has 2 unspecified atom stereocenters. The Morgan fingerprint density at radius 3 is 2.53 bits per heavy atom. The Hall–Kier alpha value is -5.72. The highest BCUT2D eigenvalue weighted by Crippen LogP contribution is 2.47. The number of rotatable bonds is 8. The standard InChI is InChI=1S/C39H40F5N9O5/c1-50-34-27(53(37(50)57)28-11-13-32(54)48-36(28)56)10-12-29(58-2)33(34)24-14-15-51(20-38(24,40)41)18-21-6-8-23(9-7-21)52-19-22-16-31(45-17-26(22)49-52)47-35(55)25-4-3-5-30(46-25)39(42,43)44/h3-5,10,12,16-17,19,21,23-24,28H,6-9,11,13-15,18,20H2,1-2H3,(H,47,55)(H,48,54,56)/t21-,23-,24?,28?. The Morgan fingerprint density at radius 2 is 1.83 bits per heavy atom. The minimum atomic E-state index is -4.69. The van der Waals surface area contributed by atoms with Gasteiger partial charge in [-0.2, -0.15) is 18.3 Å². The van der Waals surface area contributed by atoms with E-state index >= 15 is 8.78 Å². The molecule has 8 rings (SSSR count). The largest absolute Gasteiger partial charge is 0.496 e. The first-order chi connectivity index (χ1) is 27.6. The molecule has 2 saturated heterocycles. The van der Waals surface area contributed by atoms with Crippen molar-refractivity contribution < 1.29 is 41.1 Å². The molecular weight excluding hydrogens is 769 g/mol. The summed E-state index contributed by atoms with van der Waals surface area (Å²) in [6.07, 6.45) is 2.01. The SMILES string of the molecule is COc1ccc2c(c1C1CCN(C[C@H]3CC[C@H](n4cc5cc(NC(=O)c6cccc(C(F)(F)F)n6)ncc5n4)CC3)CC1(F)F)n(C)c(=O)n2C1CCC(=O)NC1=O. The number of likely N-dealkylation sites (tertiary alicyclic amines) is 1. The van der Waals surface area contributed by atoms with Crippen LogP contribution in [0.15, 0.2) is 53.6 Å². The van der Waals surface area contributed by atoms with Gasteiger partial charge in [0, 0.05) is 37.2 Å². The molecule has 3 aliphatic rings. The molecule has 5 aromatic rings. The fraction of sp³-hybridized carbons (Fsp3) is 0.462. The highest BCUT2D eigenvalue weighted by molar-refractivity contribution is 6.03. The van der Waals surface area contributed by atoms with E-state index < -0.39 is 65.4 Å². The second-order valence-corrected chi connectivity index (χ2v) is 15.3. The number of anilines is 1. The third-order valence-electron chi connectivity index (χ3n) is 11.6. The fourth-order valence-electron chi connectivity index (χ4n) is 8.81. The number of alkyl halides is 5. The van der Waals surface area contributed by atoms with Gasteiger partial charge in [-0.3, -0.25) is 38.4 Å². The van der Waals surface area contributed by atoms with Crippen molar-refractivity contribution in [1.82, 2.24) is 39.1 Å². The van der Waals surface area contributed by atoms with Gasteiger partial charge in [-0.1, -0.05) is 6.07 Å². The molecule has 0 radical (unpaired) electrons. The molecule has 306 valence electrons. The molecule has 1 aromatic carbocycles. The molecule has 2 aliphatic heterocycles. The van der Waals surface area contributed by atoms with Crippen LogP contribution in [0.25, 0.3) is 21.9 Å². The number of pyridine rings is 2. The monoisotopic (exact) mass is 809 g/mol. The van der Waals surface area contributed by atoms with E-state index in [1.54, 1.807) is 23.1 Å². The molecule has 19 heteroatoms. The lowest BCUT2D eigenvalue weighted by molar-refractivity contribution is -0.141. The summed E-state index contributed by atoms with van der Waals surface area (Å²) < 4.78 is 82.0. The summed E-state index contributed by atoms with van der Waals surface area (Å²) in [4.78, 5) is 60.2. The highest BCUT2D eigenvalue weighted by atomic mass is 19.4. The number of carbonyl (C=O) groups is 3. The minimum absolute atomic E-state index is 0.0512. The smallest absolute Gasteiger partial charge is 0.433 e. The number of aromatic nitrogens is 6. The summed E-state index contributed by atoms with van der Waals surface area (Å²) in [6, 6.07) is 6.91. The Kier molecular flexibility index (Phi) is 10.0. The van der Waals surface area contributed by atoms with E-state index in [2.05, 4.69) is 25.7 Å². The van der Waals surface area contributed by atoms with Crippen molar-refractivity contribution in [2.45, 2.75) is 75.0 Å². The first kappa shape index (κ1) is 39.1. The molecule has 4 aromatic heterocycles. The first-order valence-corrected chi connectivity index (χ1v) is 19.0. The fourth-order valence-corrected chi connectivity index (χ4v) is 8.81. The molecule has 58 heavy (non-hydrogen) atoms. The number of amides is 3. The third-order valence-corrected chi connectivity index (χ3v) is 11.6. The van der Waals surface area contributed by atoms with Crippen LogP contribution in [0.2, 0.25) is 0 Å². The molecular formula is C39H40F5N9O5. The lowest BCUT2D eigenvalue weighted by Crippen LogP contribution is -2.49. The van der Waals surface area contributed by atoms with Crippen LogP contribution in [0.5, 0.6) is 5.75 Å². The zero-order chi connectivity index (χ0) is 41.1. The van der Waals surface area contributed by atoms with Crippen LogP contribution in [-0.4, -0.2) is 84.2 Å². The summed E-state index contributed by atoms with van der Waals surface area (Å²) in [5.41, 5.74) is -0.720. The van der Waals surface area contributed by atoms with Crippen LogP contribution in [-0.2, 0) is 22.8 Å². The Balaban J connectivity index is 0.911. The van der Waals surface area contributed by atoms with Gasteiger partial charge in [0.15, 0.2) is 0 Å². The average molecular weight is 810 g/mol. The molecule has 2 atom stereocenters. The normalized spacial score (nSPS) is 22.9. The summed E-state index contributed by atoms with van der Waals surface area (Å²) in [6.45, 7) is 0.427. The van der Waals surface area contributed by atoms with Crippen LogP contribution in [0.3, 0.4) is 0 Å². The van der Waals surface area contributed by atoms with E-state index in [0.717, 1.165) is 37.8 Å². The van der Waals surface area contributed by atoms with Gasteiger partial charge < -0.3 is 10.1 Å². The van der Waals surface area contributed by atoms with E-state index in [0.29, 0.717) is 29.5 Å². The molecule has 6 heterocycles. The molecule has 0 spiro atoms. The van der Waals surface area contributed by atoms with Gasteiger partial charge in [-0.05, 0) is 81.3 Å². The number of methoxy groups -OCH3 is 1. The second kappa shape index (κ2) is 14.9. The summed E-state index contributed by atoms with van der Waals surface area (Å²) in [7, 11) is 2.89. The van der Waals surface area contributed by atoms with Crippen molar-refractivity contribution in [2.75, 3.05) is 32.1 Å². The number of ether oxygens (including phenoxy) is 1. The van der Waals surface area contributed by atoms with Gasteiger partial charge in [0.05, 0.1) is 42.8 Å². The highest BCUT2D eigenvalue weighted by Gasteiger charge is 2.48. The van der Waals surface area contributed by atoms with E-state index in [1.165, 1.54) is 35.6 Å². The number of fused-ring (bicyclic) bond motifs is 2. The van der Waals surface area contributed by atoms with E-state index in [9.17, 15) is 32.3 Å². The topological polar surface area (TPSA) is 158 Å². The summed E-state index contributed by atoms with van der Waals surface area (Å²) >= 11 is 0. The molecule has 1 saturated carbocycles. The summed E-state index contributed by atoms with van der Waals surface area (Å²) in [5.74, 6) is -5.75. The van der Waals surface area contributed by atoms with Gasteiger partial charge in [-0.25, -0.2) is 23.5 Å². The quantitative estimate of drug-likeness (QED) is 0.151. The van der Waals surface area contributed by atoms with Crippen LogP contribution in [0.1, 0.15) is 84.7 Å². The number of imidazole rings is 1. The Morgan fingerprint density at radius 1 is 1.05 bits per heavy atom. The number of piperidine rings is 2. The maximum Gasteiger partial charge on any atom is 0.433 e. The summed E-state index contributed by atoms with van der Waals surface area (Å²) in [5, 5.41) is 10.1. The van der Waals surface area contributed by atoms with Crippen LogP contribution in [0.4, 0.5) is 27.8 Å². The van der Waals surface area contributed by atoms with Gasteiger partial charge >= 0.3 is 11.9 Å². The molecule has 3 amide bonds. The van der Waals surface area contributed by atoms with Gasteiger partial charge in [-0.15, -0.1) is 0 Å². The van der Waals surface area contributed by atoms with Crippen molar-refractivity contribution in [3.63, 3.8) is 0 Å². The number of hydrogen-bond donors (Lipinski definition) is 2. The third kappa shape index (κ3) is 7.31. The average Bonchev–Trinajstić information content (AvgIpc) is 3.72. The van der Waals surface area contributed by atoms with Crippen LogP contribution >= 0.6 is 0 Å².